The third kappa shape index (κ3) is 3.91. The first-order valence-corrected chi connectivity index (χ1v) is 12.1. The van der Waals surface area contributed by atoms with Crippen molar-refractivity contribution in [2.24, 2.45) is 0 Å². The molecule has 0 aliphatic carbocycles. The Balaban J connectivity index is 1.46. The number of likely N-dealkylation sites (tertiary alicyclic amines) is 1. The fourth-order valence-electron chi connectivity index (χ4n) is 4.43. The van der Waals surface area contributed by atoms with Gasteiger partial charge < -0.3 is 9.64 Å². The molecule has 0 saturated carbocycles. The molecule has 0 amide bonds. The molecule has 2 aliphatic heterocycles. The van der Waals surface area contributed by atoms with Gasteiger partial charge in [-0.15, -0.1) is 11.3 Å². The Morgan fingerprint density at radius 1 is 0.966 bits per heavy atom. The smallest absolute Gasteiger partial charge is 0.0810 e. The van der Waals surface area contributed by atoms with Gasteiger partial charge >= 0.3 is 0 Å². The van der Waals surface area contributed by atoms with Crippen molar-refractivity contribution >= 4 is 23.1 Å². The standard InChI is InChI=1S/C25H27NOS2/c1-17-13-18(2)24-22(14-17)25-21(20-7-3-4-8-23(20)29-24)15-19(28-25)16-27-12-11-26-9-5-6-10-26/h3-4,7-8,13-15H,5-6,9-12,16H2,1-2H3. The van der Waals surface area contributed by atoms with Gasteiger partial charge in [0.05, 0.1) is 13.2 Å². The van der Waals surface area contributed by atoms with E-state index >= 15 is 0 Å². The second kappa shape index (κ2) is 8.27. The summed E-state index contributed by atoms with van der Waals surface area (Å²) in [5, 5.41) is 0. The fourth-order valence-corrected chi connectivity index (χ4v) is 6.77. The quantitative estimate of drug-likeness (QED) is 0.330. The summed E-state index contributed by atoms with van der Waals surface area (Å²) < 4.78 is 6.08. The average molecular weight is 422 g/mol. The van der Waals surface area contributed by atoms with Crippen LogP contribution < -0.4 is 0 Å². The van der Waals surface area contributed by atoms with Gasteiger partial charge in [-0.05, 0) is 69.1 Å². The van der Waals surface area contributed by atoms with E-state index in [9.17, 15) is 0 Å². The average Bonchev–Trinajstić information content (AvgIpc) is 3.35. The van der Waals surface area contributed by atoms with E-state index < -0.39 is 0 Å². The molecule has 3 aromatic rings. The van der Waals surface area contributed by atoms with E-state index in [0.29, 0.717) is 6.61 Å². The summed E-state index contributed by atoms with van der Waals surface area (Å²) in [6.45, 7) is 9.51. The minimum absolute atomic E-state index is 0.709. The van der Waals surface area contributed by atoms with Crippen molar-refractivity contribution in [2.75, 3.05) is 26.2 Å². The van der Waals surface area contributed by atoms with Crippen molar-refractivity contribution in [3.63, 3.8) is 0 Å². The molecule has 0 unspecified atom stereocenters. The van der Waals surface area contributed by atoms with Gasteiger partial charge in [0.25, 0.3) is 0 Å². The summed E-state index contributed by atoms with van der Waals surface area (Å²) >= 11 is 3.81. The number of rotatable bonds is 5. The SMILES string of the molecule is Cc1cc(C)c2c(c1)-c1sc(COCCN3CCCC3)cc1-c1ccccc1S2. The van der Waals surface area contributed by atoms with E-state index in [1.54, 1.807) is 0 Å². The van der Waals surface area contributed by atoms with Crippen molar-refractivity contribution in [2.45, 2.75) is 43.1 Å². The number of fused-ring (bicyclic) bond motifs is 5. The summed E-state index contributed by atoms with van der Waals surface area (Å²) in [6, 6.07) is 15.8. The molecule has 0 N–H and O–H groups in total. The van der Waals surface area contributed by atoms with E-state index in [-0.39, 0.29) is 0 Å². The Bertz CT molecular complexity index is 1030. The van der Waals surface area contributed by atoms with Gasteiger partial charge in [0.1, 0.15) is 0 Å². The zero-order valence-electron chi connectivity index (χ0n) is 17.2. The number of thiophene rings is 1. The molecule has 29 heavy (non-hydrogen) atoms. The van der Waals surface area contributed by atoms with Gasteiger partial charge in [0, 0.05) is 37.2 Å². The highest BCUT2D eigenvalue weighted by atomic mass is 32.2. The second-order valence-corrected chi connectivity index (χ2v) is 10.3. The summed E-state index contributed by atoms with van der Waals surface area (Å²) in [6.07, 6.45) is 2.68. The lowest BCUT2D eigenvalue weighted by atomic mass is 10.00. The normalized spacial score (nSPS) is 15.7. The van der Waals surface area contributed by atoms with Crippen LogP contribution in [0.4, 0.5) is 0 Å². The number of hydrogen-bond donors (Lipinski definition) is 0. The number of ether oxygens (including phenoxy) is 1. The maximum Gasteiger partial charge on any atom is 0.0810 e. The molecule has 4 heteroatoms. The van der Waals surface area contributed by atoms with E-state index in [1.165, 1.54) is 73.3 Å². The van der Waals surface area contributed by atoms with Crippen LogP contribution in [-0.2, 0) is 11.3 Å². The number of benzene rings is 2. The lowest BCUT2D eigenvalue weighted by Gasteiger charge is -2.14. The van der Waals surface area contributed by atoms with Crippen molar-refractivity contribution in [3.8, 4) is 21.6 Å². The Kier molecular flexibility index (Phi) is 5.53. The molecule has 1 aromatic heterocycles. The topological polar surface area (TPSA) is 12.5 Å². The van der Waals surface area contributed by atoms with E-state index in [2.05, 4.69) is 61.2 Å². The van der Waals surface area contributed by atoms with Crippen molar-refractivity contribution in [1.29, 1.82) is 0 Å². The first-order valence-electron chi connectivity index (χ1n) is 10.5. The molecule has 0 spiro atoms. The number of nitrogens with zero attached hydrogens (tertiary/aromatic N) is 1. The fraction of sp³-hybridized carbons (Fsp3) is 0.360. The van der Waals surface area contributed by atoms with Gasteiger partial charge in [-0.3, -0.25) is 0 Å². The maximum absolute atomic E-state index is 6.08. The summed E-state index contributed by atoms with van der Waals surface area (Å²) in [7, 11) is 0. The first kappa shape index (κ1) is 19.4. The van der Waals surface area contributed by atoms with Crippen LogP contribution in [0.25, 0.3) is 21.6 Å². The molecule has 1 fully saturated rings. The Labute approximate surface area is 181 Å². The molecule has 2 aromatic carbocycles. The molecular formula is C25H27NOS2. The van der Waals surface area contributed by atoms with Crippen LogP contribution in [0.5, 0.6) is 0 Å². The molecule has 2 nitrogen and oxygen atoms in total. The highest BCUT2D eigenvalue weighted by molar-refractivity contribution is 7.99. The van der Waals surface area contributed by atoms with Crippen LogP contribution in [0.3, 0.4) is 0 Å². The minimum atomic E-state index is 0.709. The van der Waals surface area contributed by atoms with Crippen LogP contribution >= 0.6 is 23.1 Å². The first-order chi connectivity index (χ1) is 14.2. The Hall–Kier alpha value is -1.59. The molecule has 2 aliphatic rings. The van der Waals surface area contributed by atoms with Gasteiger partial charge in [0.15, 0.2) is 0 Å². The maximum atomic E-state index is 6.08. The molecule has 1 saturated heterocycles. The van der Waals surface area contributed by atoms with Gasteiger partial charge in [-0.2, -0.15) is 0 Å². The summed E-state index contributed by atoms with van der Waals surface area (Å²) in [5.41, 5.74) is 6.78. The van der Waals surface area contributed by atoms with Crippen LogP contribution in [0, 0.1) is 13.8 Å². The molecule has 0 atom stereocenters. The Morgan fingerprint density at radius 3 is 2.66 bits per heavy atom. The van der Waals surface area contributed by atoms with Crippen LogP contribution in [-0.4, -0.2) is 31.1 Å². The highest BCUT2D eigenvalue weighted by Crippen LogP contribution is 2.52. The molecule has 0 radical (unpaired) electrons. The monoisotopic (exact) mass is 421 g/mol. The third-order valence-corrected chi connectivity index (χ3v) is 8.29. The van der Waals surface area contributed by atoms with Gasteiger partial charge in [-0.25, -0.2) is 0 Å². The molecule has 3 heterocycles. The third-order valence-electron chi connectivity index (χ3n) is 5.83. The van der Waals surface area contributed by atoms with Crippen LogP contribution in [0.15, 0.2) is 52.3 Å². The van der Waals surface area contributed by atoms with Crippen molar-refractivity contribution in [3.05, 3.63) is 58.5 Å². The van der Waals surface area contributed by atoms with Gasteiger partial charge in [-0.1, -0.05) is 41.6 Å². The molecule has 150 valence electrons. The summed E-state index contributed by atoms with van der Waals surface area (Å²) in [5.74, 6) is 0. The lowest BCUT2D eigenvalue weighted by Crippen LogP contribution is -2.23. The zero-order chi connectivity index (χ0) is 19.8. The second-order valence-electron chi connectivity index (χ2n) is 8.11. The molecule has 5 rings (SSSR count). The highest BCUT2D eigenvalue weighted by Gasteiger charge is 2.24. The van der Waals surface area contributed by atoms with Crippen molar-refractivity contribution < 1.29 is 4.74 Å². The van der Waals surface area contributed by atoms with E-state index in [0.717, 1.165) is 13.2 Å². The van der Waals surface area contributed by atoms with Crippen LogP contribution in [0.1, 0.15) is 28.8 Å². The Morgan fingerprint density at radius 2 is 1.79 bits per heavy atom. The largest absolute Gasteiger partial charge is 0.375 e. The lowest BCUT2D eigenvalue weighted by molar-refractivity contribution is 0.101. The van der Waals surface area contributed by atoms with E-state index in [1.807, 2.05) is 23.1 Å². The predicted octanol–water partition coefficient (Wildman–Crippen LogP) is 6.78. The number of aryl methyl sites for hydroxylation is 2. The van der Waals surface area contributed by atoms with Crippen LogP contribution in [0.2, 0.25) is 0 Å². The minimum Gasteiger partial charge on any atom is -0.375 e. The van der Waals surface area contributed by atoms with E-state index in [4.69, 9.17) is 4.74 Å². The number of hydrogen-bond acceptors (Lipinski definition) is 4. The zero-order valence-corrected chi connectivity index (χ0v) is 18.8. The van der Waals surface area contributed by atoms with Crippen molar-refractivity contribution in [1.82, 2.24) is 4.90 Å². The van der Waals surface area contributed by atoms with Gasteiger partial charge in [0.2, 0.25) is 0 Å². The molecule has 0 bridgehead atoms. The summed E-state index contributed by atoms with van der Waals surface area (Å²) in [4.78, 5) is 7.97. The predicted molar refractivity (Wildman–Crippen MR) is 124 cm³/mol. The molecular weight excluding hydrogens is 394 g/mol.